The zero-order chi connectivity index (χ0) is 21.7. The fourth-order valence-corrected chi connectivity index (χ4v) is 3.66. The zero-order valence-electron chi connectivity index (χ0n) is 17.8. The van der Waals surface area contributed by atoms with E-state index in [0.29, 0.717) is 32.3 Å². The number of guanidine groups is 1. The molecule has 2 aromatic carbocycles. The third kappa shape index (κ3) is 10.3. The Labute approximate surface area is 201 Å². The highest BCUT2D eigenvalue weighted by atomic mass is 127. The van der Waals surface area contributed by atoms with Crippen LogP contribution in [-0.4, -0.2) is 54.8 Å². The van der Waals surface area contributed by atoms with Gasteiger partial charge in [0.15, 0.2) is 5.96 Å². The van der Waals surface area contributed by atoms with E-state index in [1.807, 2.05) is 36.4 Å². The van der Waals surface area contributed by atoms with Gasteiger partial charge in [-0.25, -0.2) is 13.1 Å². The summed E-state index contributed by atoms with van der Waals surface area (Å²) < 4.78 is 37.7. The Hall–Kier alpha value is -1.89. The summed E-state index contributed by atoms with van der Waals surface area (Å²) in [5.74, 6) is 1.49. The van der Waals surface area contributed by atoms with Gasteiger partial charge in [0.2, 0.25) is 10.0 Å². The molecule has 172 valence electrons. The molecule has 8 nitrogen and oxygen atoms in total. The van der Waals surface area contributed by atoms with Crippen LogP contribution in [0.5, 0.6) is 5.75 Å². The minimum atomic E-state index is -3.56. The molecule has 0 unspecified atom stereocenters. The maximum Gasteiger partial charge on any atom is 0.240 e. The van der Waals surface area contributed by atoms with Gasteiger partial charge in [-0.2, -0.15) is 0 Å². The van der Waals surface area contributed by atoms with E-state index < -0.39 is 10.0 Å². The average Bonchev–Trinajstić information content (AvgIpc) is 2.76. The van der Waals surface area contributed by atoms with E-state index in [9.17, 15) is 8.42 Å². The van der Waals surface area contributed by atoms with Crippen LogP contribution in [-0.2, 0) is 21.3 Å². The number of ether oxygens (including phenoxy) is 2. The van der Waals surface area contributed by atoms with Crippen molar-refractivity contribution >= 4 is 40.0 Å². The predicted molar refractivity (Wildman–Crippen MR) is 134 cm³/mol. The van der Waals surface area contributed by atoms with Crippen molar-refractivity contribution in [2.75, 3.05) is 40.5 Å². The third-order valence-electron chi connectivity index (χ3n) is 4.12. The largest absolute Gasteiger partial charge is 0.494 e. The molecule has 0 bridgehead atoms. The van der Waals surface area contributed by atoms with Crippen molar-refractivity contribution in [2.24, 2.45) is 4.99 Å². The number of nitrogens with one attached hydrogen (secondary N) is 3. The van der Waals surface area contributed by atoms with Crippen LogP contribution in [0.2, 0.25) is 0 Å². The van der Waals surface area contributed by atoms with Gasteiger partial charge in [-0.1, -0.05) is 30.3 Å². The number of para-hydroxylation sites is 1. The third-order valence-corrected chi connectivity index (χ3v) is 5.57. The van der Waals surface area contributed by atoms with Crippen molar-refractivity contribution in [3.8, 4) is 5.75 Å². The fourth-order valence-electron chi connectivity index (χ4n) is 2.58. The highest BCUT2D eigenvalue weighted by Gasteiger charge is 2.13. The number of benzene rings is 2. The van der Waals surface area contributed by atoms with E-state index in [-0.39, 0.29) is 35.4 Å². The Morgan fingerprint density at radius 3 is 2.48 bits per heavy atom. The maximum atomic E-state index is 12.3. The summed E-state index contributed by atoms with van der Waals surface area (Å²) in [7, 11) is -0.344. The number of halogens is 1. The lowest BCUT2D eigenvalue weighted by atomic mass is 10.2. The normalized spacial score (nSPS) is 11.5. The zero-order valence-corrected chi connectivity index (χ0v) is 21.0. The van der Waals surface area contributed by atoms with Crippen LogP contribution in [0, 0.1) is 0 Å². The summed E-state index contributed by atoms with van der Waals surface area (Å²) in [5.41, 5.74) is 0.833. The molecule has 0 radical (unpaired) electrons. The highest BCUT2D eigenvalue weighted by Crippen LogP contribution is 2.11. The van der Waals surface area contributed by atoms with Gasteiger partial charge < -0.3 is 20.1 Å². The quantitative estimate of drug-likeness (QED) is 0.159. The molecule has 0 fully saturated rings. The lowest BCUT2D eigenvalue weighted by Crippen LogP contribution is -2.37. The summed E-state index contributed by atoms with van der Waals surface area (Å²) >= 11 is 0. The molecule has 0 aliphatic rings. The van der Waals surface area contributed by atoms with E-state index in [0.717, 1.165) is 17.7 Å². The van der Waals surface area contributed by atoms with E-state index in [4.69, 9.17) is 9.47 Å². The van der Waals surface area contributed by atoms with Crippen LogP contribution >= 0.6 is 24.0 Å². The smallest absolute Gasteiger partial charge is 0.240 e. The molecule has 0 heterocycles. The van der Waals surface area contributed by atoms with Crippen LogP contribution in [0.4, 0.5) is 0 Å². The van der Waals surface area contributed by atoms with Gasteiger partial charge in [0, 0.05) is 33.8 Å². The molecule has 31 heavy (non-hydrogen) atoms. The molecule has 10 heteroatoms. The summed E-state index contributed by atoms with van der Waals surface area (Å²) in [4.78, 5) is 4.41. The number of rotatable bonds is 12. The van der Waals surface area contributed by atoms with Gasteiger partial charge in [0.25, 0.3) is 0 Å². The molecule has 0 amide bonds. The number of methoxy groups -OCH3 is 1. The highest BCUT2D eigenvalue weighted by molar-refractivity contribution is 14.0. The molecule has 2 aromatic rings. The summed E-state index contributed by atoms with van der Waals surface area (Å²) in [6.45, 7) is 2.29. The first-order chi connectivity index (χ1) is 14.5. The van der Waals surface area contributed by atoms with Crippen molar-refractivity contribution < 1.29 is 17.9 Å². The summed E-state index contributed by atoms with van der Waals surface area (Å²) in [5, 5.41) is 6.41. The van der Waals surface area contributed by atoms with E-state index in [1.54, 1.807) is 25.2 Å². The second kappa shape index (κ2) is 15.0. The predicted octanol–water partition coefficient (Wildman–Crippen LogP) is 2.36. The molecule has 0 spiro atoms. The lowest BCUT2D eigenvalue weighted by molar-refractivity contribution is 0.204. The summed E-state index contributed by atoms with van der Waals surface area (Å²) in [6, 6.07) is 16.5. The van der Waals surface area contributed by atoms with Crippen LogP contribution < -0.4 is 20.1 Å². The van der Waals surface area contributed by atoms with Crippen molar-refractivity contribution in [3.05, 3.63) is 60.2 Å². The Morgan fingerprint density at radius 1 is 1.00 bits per heavy atom. The number of nitrogens with zero attached hydrogens (tertiary/aromatic N) is 1. The number of hydrogen-bond donors (Lipinski definition) is 3. The minimum Gasteiger partial charge on any atom is -0.494 e. The molecular weight excluding hydrogens is 531 g/mol. The SMILES string of the molecule is CN=C(NCCCOc1ccccc1)NCc1cccc(S(=O)(=O)NCCOC)c1.I. The Bertz CT molecular complexity index is 895. The van der Waals surface area contributed by atoms with Crippen molar-refractivity contribution in [1.29, 1.82) is 0 Å². The second-order valence-corrected chi connectivity index (χ2v) is 8.17. The first kappa shape index (κ1) is 27.1. The van der Waals surface area contributed by atoms with E-state index in [2.05, 4.69) is 20.3 Å². The molecule has 2 rings (SSSR count). The van der Waals surface area contributed by atoms with Crippen molar-refractivity contribution in [1.82, 2.24) is 15.4 Å². The lowest BCUT2D eigenvalue weighted by Gasteiger charge is -2.13. The average molecular weight is 562 g/mol. The Kier molecular flexibility index (Phi) is 13.1. The fraction of sp³-hybridized carbons (Fsp3) is 0.381. The molecule has 0 aromatic heterocycles. The first-order valence-electron chi connectivity index (χ1n) is 9.75. The van der Waals surface area contributed by atoms with Crippen molar-refractivity contribution in [3.63, 3.8) is 0 Å². The molecule has 0 atom stereocenters. The van der Waals surface area contributed by atoms with Gasteiger partial charge in [-0.05, 0) is 36.2 Å². The first-order valence-corrected chi connectivity index (χ1v) is 11.2. The molecule has 3 N–H and O–H groups in total. The van der Waals surface area contributed by atoms with E-state index >= 15 is 0 Å². The molecule has 0 saturated carbocycles. The number of aliphatic imine (C=N–C) groups is 1. The number of hydrogen-bond acceptors (Lipinski definition) is 5. The summed E-state index contributed by atoms with van der Waals surface area (Å²) in [6.07, 6.45) is 0.816. The monoisotopic (exact) mass is 562 g/mol. The van der Waals surface area contributed by atoms with Crippen LogP contribution in [0.25, 0.3) is 0 Å². The van der Waals surface area contributed by atoms with Gasteiger partial charge in [-0.15, -0.1) is 24.0 Å². The topological polar surface area (TPSA) is 101 Å². The Morgan fingerprint density at radius 2 is 1.77 bits per heavy atom. The molecule has 0 aliphatic carbocycles. The second-order valence-electron chi connectivity index (χ2n) is 6.41. The standard InChI is InChI=1S/C21H30N4O4S.HI/c1-22-21(23-12-7-14-29-19-9-4-3-5-10-19)24-17-18-8-6-11-20(16-18)30(26,27)25-13-15-28-2;/h3-6,8-11,16,25H,7,12-15,17H2,1-2H3,(H2,22,23,24);1H. The molecule has 0 saturated heterocycles. The Balaban J connectivity index is 0.00000480. The van der Waals surface area contributed by atoms with Crippen LogP contribution in [0.1, 0.15) is 12.0 Å². The van der Waals surface area contributed by atoms with E-state index in [1.165, 1.54) is 7.11 Å². The minimum absolute atomic E-state index is 0. The molecule has 0 aliphatic heterocycles. The van der Waals surface area contributed by atoms with Crippen LogP contribution in [0.15, 0.2) is 64.5 Å². The molecular formula is C21H31IN4O4S. The van der Waals surface area contributed by atoms with Gasteiger partial charge in [0.05, 0.1) is 18.1 Å². The van der Waals surface area contributed by atoms with Crippen molar-refractivity contribution in [2.45, 2.75) is 17.9 Å². The van der Waals surface area contributed by atoms with Gasteiger partial charge in [-0.3, -0.25) is 4.99 Å². The van der Waals surface area contributed by atoms with Crippen LogP contribution in [0.3, 0.4) is 0 Å². The van der Waals surface area contributed by atoms with Gasteiger partial charge >= 0.3 is 0 Å². The van der Waals surface area contributed by atoms with Gasteiger partial charge in [0.1, 0.15) is 5.75 Å². The maximum absolute atomic E-state index is 12.3. The number of sulfonamides is 1.